The van der Waals surface area contributed by atoms with Crippen molar-refractivity contribution in [2.45, 2.75) is 19.4 Å². The van der Waals surface area contributed by atoms with Crippen molar-refractivity contribution in [3.63, 3.8) is 0 Å². The van der Waals surface area contributed by atoms with Crippen molar-refractivity contribution >= 4 is 29.1 Å². The van der Waals surface area contributed by atoms with E-state index in [0.29, 0.717) is 23.0 Å². The number of amides is 2. The lowest BCUT2D eigenvalue weighted by atomic mass is 10.1. The molecule has 3 rings (SSSR count). The Balaban J connectivity index is 1.65. The minimum absolute atomic E-state index is 0.00220. The Morgan fingerprint density at radius 1 is 1.23 bits per heavy atom. The van der Waals surface area contributed by atoms with E-state index in [9.17, 15) is 9.59 Å². The molecule has 136 valence electrons. The number of hydrogen-bond acceptors (Lipinski definition) is 3. The summed E-state index contributed by atoms with van der Waals surface area (Å²) >= 11 is 5.92. The van der Waals surface area contributed by atoms with Crippen LogP contribution in [0.2, 0.25) is 5.02 Å². The fraction of sp³-hybridized carbons (Fsp3) is 0.300. The van der Waals surface area contributed by atoms with Gasteiger partial charge in [-0.2, -0.15) is 0 Å². The number of halogens is 1. The summed E-state index contributed by atoms with van der Waals surface area (Å²) in [5, 5.41) is 0.666. The van der Waals surface area contributed by atoms with Crippen LogP contribution in [-0.2, 0) is 9.59 Å². The number of hydrogen-bond donors (Lipinski definition) is 0. The van der Waals surface area contributed by atoms with E-state index in [0.717, 1.165) is 5.56 Å². The van der Waals surface area contributed by atoms with Gasteiger partial charge >= 0.3 is 0 Å². The maximum Gasteiger partial charge on any atom is 0.265 e. The Labute approximate surface area is 158 Å². The van der Waals surface area contributed by atoms with Gasteiger partial charge in [0.15, 0.2) is 6.61 Å². The van der Waals surface area contributed by atoms with E-state index in [2.05, 4.69) is 0 Å². The van der Waals surface area contributed by atoms with Crippen LogP contribution in [0.5, 0.6) is 5.75 Å². The van der Waals surface area contributed by atoms with Crippen molar-refractivity contribution in [3.8, 4) is 5.75 Å². The van der Waals surface area contributed by atoms with E-state index in [1.54, 1.807) is 16.8 Å². The van der Waals surface area contributed by atoms with E-state index in [1.807, 2.05) is 55.5 Å². The van der Waals surface area contributed by atoms with E-state index >= 15 is 0 Å². The molecule has 1 atom stereocenters. The molecule has 1 aliphatic rings. The second-order valence-corrected chi connectivity index (χ2v) is 6.72. The van der Waals surface area contributed by atoms with Crippen molar-refractivity contribution in [3.05, 3.63) is 59.1 Å². The molecule has 0 spiro atoms. The maximum absolute atomic E-state index is 12.6. The van der Waals surface area contributed by atoms with E-state index < -0.39 is 0 Å². The minimum atomic E-state index is -0.134. The zero-order chi connectivity index (χ0) is 18.7. The van der Waals surface area contributed by atoms with Crippen LogP contribution in [0.25, 0.3) is 0 Å². The molecule has 0 fully saturated rings. The monoisotopic (exact) mass is 372 g/mol. The molecule has 1 heterocycles. The first-order valence-electron chi connectivity index (χ1n) is 8.50. The molecule has 6 heteroatoms. The molecule has 0 saturated carbocycles. The summed E-state index contributed by atoms with van der Waals surface area (Å²) < 4.78 is 5.43. The summed E-state index contributed by atoms with van der Waals surface area (Å²) in [7, 11) is 1.77. The van der Waals surface area contributed by atoms with E-state index in [4.69, 9.17) is 16.3 Å². The van der Waals surface area contributed by atoms with Gasteiger partial charge in [-0.3, -0.25) is 9.59 Å². The normalized spacial score (nSPS) is 14.4. The molecule has 1 aliphatic heterocycles. The Morgan fingerprint density at radius 3 is 2.65 bits per heavy atom. The second-order valence-electron chi connectivity index (χ2n) is 6.28. The third-order valence-electron chi connectivity index (χ3n) is 4.68. The molecule has 0 N–H and O–H groups in total. The van der Waals surface area contributed by atoms with Gasteiger partial charge in [-0.25, -0.2) is 0 Å². The summed E-state index contributed by atoms with van der Waals surface area (Å²) in [6.45, 7) is 2.30. The van der Waals surface area contributed by atoms with Gasteiger partial charge in [0.1, 0.15) is 5.75 Å². The Hall–Kier alpha value is -2.53. The molecule has 0 bridgehead atoms. The number of carbonyl (C=O) groups is 2. The smallest absolute Gasteiger partial charge is 0.265 e. The molecular weight excluding hydrogens is 352 g/mol. The van der Waals surface area contributed by atoms with Gasteiger partial charge in [0, 0.05) is 25.0 Å². The first-order chi connectivity index (χ1) is 12.5. The lowest BCUT2D eigenvalue weighted by Gasteiger charge is -2.30. The zero-order valence-electron chi connectivity index (χ0n) is 14.8. The third-order valence-corrected chi connectivity index (χ3v) is 4.94. The molecule has 0 aliphatic carbocycles. The second kappa shape index (κ2) is 7.79. The largest absolute Gasteiger partial charge is 0.482 e. The van der Waals surface area contributed by atoms with Gasteiger partial charge in [0.05, 0.1) is 11.7 Å². The van der Waals surface area contributed by atoms with Crippen molar-refractivity contribution in [2.24, 2.45) is 0 Å². The summed E-state index contributed by atoms with van der Waals surface area (Å²) in [5.41, 5.74) is 1.72. The third kappa shape index (κ3) is 3.83. The first-order valence-corrected chi connectivity index (χ1v) is 8.88. The molecule has 0 aromatic heterocycles. The summed E-state index contributed by atoms with van der Waals surface area (Å²) in [4.78, 5) is 28.1. The molecule has 2 aromatic rings. The van der Waals surface area contributed by atoms with Gasteiger partial charge in [-0.1, -0.05) is 35.9 Å². The van der Waals surface area contributed by atoms with Crippen LogP contribution in [0, 0.1) is 0 Å². The van der Waals surface area contributed by atoms with Gasteiger partial charge in [-0.15, -0.1) is 0 Å². The molecule has 0 radical (unpaired) electrons. The number of carbonyl (C=O) groups excluding carboxylic acids is 2. The van der Waals surface area contributed by atoms with Crippen molar-refractivity contribution in [1.29, 1.82) is 0 Å². The van der Waals surface area contributed by atoms with E-state index in [-0.39, 0.29) is 30.9 Å². The lowest BCUT2D eigenvalue weighted by Crippen LogP contribution is -2.41. The number of para-hydroxylation sites is 2. The van der Waals surface area contributed by atoms with Gasteiger partial charge in [0.2, 0.25) is 5.91 Å². The molecule has 5 nitrogen and oxygen atoms in total. The molecule has 2 amide bonds. The highest BCUT2D eigenvalue weighted by atomic mass is 35.5. The Bertz CT molecular complexity index is 807. The van der Waals surface area contributed by atoms with Crippen molar-refractivity contribution < 1.29 is 14.3 Å². The molecule has 0 saturated heterocycles. The summed E-state index contributed by atoms with van der Waals surface area (Å²) in [6.07, 6.45) is 0.245. The molecule has 1 unspecified atom stereocenters. The summed E-state index contributed by atoms with van der Waals surface area (Å²) in [5.74, 6) is 0.511. The zero-order valence-corrected chi connectivity index (χ0v) is 15.6. The fourth-order valence-electron chi connectivity index (χ4n) is 2.96. The van der Waals surface area contributed by atoms with Crippen LogP contribution in [0.15, 0.2) is 48.5 Å². The Kier molecular flexibility index (Phi) is 5.47. The quantitative estimate of drug-likeness (QED) is 0.804. The van der Waals surface area contributed by atoms with Crippen LogP contribution in [0.4, 0.5) is 5.69 Å². The number of rotatable bonds is 5. The Morgan fingerprint density at radius 2 is 1.92 bits per heavy atom. The molecule has 2 aromatic carbocycles. The number of ether oxygens (including phenoxy) is 1. The minimum Gasteiger partial charge on any atom is -0.482 e. The lowest BCUT2D eigenvalue weighted by molar-refractivity contribution is -0.131. The number of benzene rings is 2. The number of nitrogens with zero attached hydrogens (tertiary/aromatic N) is 2. The average Bonchev–Trinajstić information content (AvgIpc) is 2.66. The topological polar surface area (TPSA) is 49.9 Å². The summed E-state index contributed by atoms with van der Waals surface area (Å²) in [6, 6.07) is 14.8. The van der Waals surface area contributed by atoms with E-state index in [1.165, 1.54) is 0 Å². The van der Waals surface area contributed by atoms with Crippen LogP contribution in [0.1, 0.15) is 24.9 Å². The van der Waals surface area contributed by atoms with Crippen molar-refractivity contribution in [2.75, 3.05) is 25.1 Å². The highest BCUT2D eigenvalue weighted by Gasteiger charge is 2.26. The maximum atomic E-state index is 12.6. The predicted octanol–water partition coefficient (Wildman–Crippen LogP) is 3.68. The van der Waals surface area contributed by atoms with Crippen LogP contribution < -0.4 is 9.64 Å². The van der Waals surface area contributed by atoms with Gasteiger partial charge in [-0.05, 0) is 36.8 Å². The predicted molar refractivity (Wildman–Crippen MR) is 102 cm³/mol. The first kappa shape index (κ1) is 18.3. The fourth-order valence-corrected chi connectivity index (χ4v) is 3.09. The number of anilines is 1. The van der Waals surface area contributed by atoms with Gasteiger partial charge < -0.3 is 14.5 Å². The standard InChI is InChI=1S/C20H21ClN2O3/c1-14(15-7-9-16(21)10-8-15)22(2)19(24)11-12-23-17-5-3-4-6-18(17)26-13-20(23)25/h3-10,14H,11-13H2,1-2H3. The highest BCUT2D eigenvalue weighted by molar-refractivity contribution is 6.30. The SMILES string of the molecule is CC(c1ccc(Cl)cc1)N(C)C(=O)CCN1C(=O)COc2ccccc21. The molecular formula is C20H21ClN2O3. The number of fused-ring (bicyclic) bond motifs is 1. The average molecular weight is 373 g/mol. The highest BCUT2D eigenvalue weighted by Crippen LogP contribution is 2.31. The van der Waals surface area contributed by atoms with Crippen LogP contribution in [0.3, 0.4) is 0 Å². The molecule has 26 heavy (non-hydrogen) atoms. The van der Waals surface area contributed by atoms with Crippen LogP contribution >= 0.6 is 11.6 Å². The van der Waals surface area contributed by atoms with Crippen LogP contribution in [-0.4, -0.2) is 36.9 Å². The van der Waals surface area contributed by atoms with Crippen molar-refractivity contribution in [1.82, 2.24) is 4.90 Å². The van der Waals surface area contributed by atoms with Gasteiger partial charge in [0.25, 0.3) is 5.91 Å².